The van der Waals surface area contributed by atoms with Gasteiger partial charge in [-0.3, -0.25) is 4.79 Å². The first kappa shape index (κ1) is 17.9. The van der Waals surface area contributed by atoms with Crippen LogP contribution in [0.4, 0.5) is 0 Å². The summed E-state index contributed by atoms with van der Waals surface area (Å²) < 4.78 is 7.95. The first-order chi connectivity index (χ1) is 12.4. The highest BCUT2D eigenvalue weighted by molar-refractivity contribution is 5.92. The van der Waals surface area contributed by atoms with Crippen molar-refractivity contribution in [2.24, 2.45) is 0 Å². The second-order valence-electron chi connectivity index (χ2n) is 7.95. The summed E-state index contributed by atoms with van der Waals surface area (Å²) in [6, 6.07) is 0. The largest absolute Gasteiger partial charge is 0.387 e. The molecule has 26 heavy (non-hydrogen) atoms. The summed E-state index contributed by atoms with van der Waals surface area (Å²) in [5.74, 6) is 0.888. The second kappa shape index (κ2) is 6.60. The number of aliphatic hydroxyl groups is 2. The summed E-state index contributed by atoms with van der Waals surface area (Å²) in [5.41, 5.74) is -1.40. The van der Waals surface area contributed by atoms with Crippen LogP contribution in [0.3, 0.4) is 0 Å². The maximum atomic E-state index is 12.9. The van der Waals surface area contributed by atoms with Crippen LogP contribution in [0, 0.1) is 0 Å². The molecule has 3 aliphatic heterocycles. The fourth-order valence-electron chi connectivity index (χ4n) is 4.39. The van der Waals surface area contributed by atoms with Gasteiger partial charge in [0.15, 0.2) is 0 Å². The highest BCUT2D eigenvalue weighted by Crippen LogP contribution is 2.39. The van der Waals surface area contributed by atoms with E-state index in [2.05, 4.69) is 14.9 Å². The number of aliphatic hydroxyl groups excluding tert-OH is 1. The molecule has 4 heterocycles. The topological polar surface area (TPSA) is 99.9 Å². The summed E-state index contributed by atoms with van der Waals surface area (Å²) in [6.45, 7) is 5.68. The Hall–Kier alpha value is -1.48. The Balaban J connectivity index is 1.44. The molecule has 0 aliphatic carbocycles. The predicted molar refractivity (Wildman–Crippen MR) is 93.9 cm³/mol. The van der Waals surface area contributed by atoms with Crippen LogP contribution in [0.25, 0.3) is 0 Å². The number of nitrogens with one attached hydrogen (secondary N) is 1. The van der Waals surface area contributed by atoms with Gasteiger partial charge in [0.2, 0.25) is 0 Å². The van der Waals surface area contributed by atoms with Crippen LogP contribution in [0.15, 0.2) is 6.20 Å². The van der Waals surface area contributed by atoms with Crippen LogP contribution in [0.5, 0.6) is 0 Å². The number of piperidine rings is 1. The zero-order valence-electron chi connectivity index (χ0n) is 15.3. The van der Waals surface area contributed by atoms with Crippen LogP contribution in [0.1, 0.15) is 42.5 Å². The van der Waals surface area contributed by atoms with E-state index < -0.39 is 17.3 Å². The number of amides is 1. The van der Waals surface area contributed by atoms with Gasteiger partial charge in [-0.25, -0.2) is 4.98 Å². The molecule has 0 saturated carbocycles. The van der Waals surface area contributed by atoms with Crippen molar-refractivity contribution in [2.75, 3.05) is 32.8 Å². The van der Waals surface area contributed by atoms with Crippen LogP contribution in [-0.4, -0.2) is 80.7 Å². The van der Waals surface area contributed by atoms with Crippen molar-refractivity contribution in [3.8, 4) is 0 Å². The lowest BCUT2D eigenvalue weighted by atomic mass is 9.75. The summed E-state index contributed by atoms with van der Waals surface area (Å²) >= 11 is 0. The average Bonchev–Trinajstić information content (AvgIpc) is 2.90. The molecule has 2 atom stereocenters. The second-order valence-corrected chi connectivity index (χ2v) is 7.95. The number of carbonyl (C=O) groups is 1. The maximum absolute atomic E-state index is 12.9. The number of fused-ring (bicyclic) bond motifs is 1. The number of carbonyl (C=O) groups excluding carboxylic acids is 1. The SMILES string of the molecule is C[C@@]1(O)CCOC2(CCN(C(=O)c3cn4c(n3)CCNCC4)CC2)[C@H]1O. The monoisotopic (exact) mass is 364 g/mol. The first-order valence-corrected chi connectivity index (χ1v) is 9.52. The Morgan fingerprint density at radius 1 is 1.31 bits per heavy atom. The number of hydrogen-bond donors (Lipinski definition) is 3. The fraction of sp³-hybridized carbons (Fsp3) is 0.778. The van der Waals surface area contributed by atoms with Gasteiger partial charge in [0.25, 0.3) is 5.91 Å². The van der Waals surface area contributed by atoms with E-state index in [4.69, 9.17) is 4.74 Å². The van der Waals surface area contributed by atoms with Gasteiger partial charge in [-0.1, -0.05) is 0 Å². The van der Waals surface area contributed by atoms with Crippen LogP contribution in [-0.2, 0) is 17.7 Å². The molecule has 3 aliphatic rings. The number of ether oxygens (including phenoxy) is 1. The molecule has 3 N–H and O–H groups in total. The molecule has 0 unspecified atom stereocenters. The van der Waals surface area contributed by atoms with E-state index >= 15 is 0 Å². The molecule has 1 spiro atoms. The van der Waals surface area contributed by atoms with Gasteiger partial charge >= 0.3 is 0 Å². The molecule has 1 aromatic rings. The molecule has 0 radical (unpaired) electrons. The lowest BCUT2D eigenvalue weighted by Gasteiger charge is -2.51. The molecule has 0 aromatic carbocycles. The fourth-order valence-corrected chi connectivity index (χ4v) is 4.39. The number of likely N-dealkylation sites (tertiary alicyclic amines) is 1. The molecule has 1 amide bonds. The van der Waals surface area contributed by atoms with E-state index in [0.29, 0.717) is 44.7 Å². The minimum Gasteiger partial charge on any atom is -0.387 e. The summed E-state index contributed by atoms with van der Waals surface area (Å²) in [5, 5.41) is 24.3. The van der Waals surface area contributed by atoms with Gasteiger partial charge < -0.3 is 29.7 Å². The van der Waals surface area contributed by atoms with Crippen molar-refractivity contribution in [1.29, 1.82) is 0 Å². The number of hydrogen-bond acceptors (Lipinski definition) is 6. The Labute approximate surface area is 153 Å². The van der Waals surface area contributed by atoms with Gasteiger partial charge in [-0.05, 0) is 19.8 Å². The van der Waals surface area contributed by atoms with Gasteiger partial charge in [0, 0.05) is 51.8 Å². The quantitative estimate of drug-likeness (QED) is 0.623. The molecule has 1 aromatic heterocycles. The molecule has 2 saturated heterocycles. The zero-order chi connectivity index (χ0) is 18.4. The minimum atomic E-state index is -1.14. The van der Waals surface area contributed by atoms with E-state index in [9.17, 15) is 15.0 Å². The van der Waals surface area contributed by atoms with Crippen LogP contribution < -0.4 is 5.32 Å². The third kappa shape index (κ3) is 3.05. The van der Waals surface area contributed by atoms with E-state index in [1.807, 2.05) is 6.20 Å². The normalized spacial score (nSPS) is 31.5. The molecule has 0 bridgehead atoms. The summed E-state index contributed by atoms with van der Waals surface area (Å²) in [4.78, 5) is 19.2. The Bertz CT molecular complexity index is 655. The highest BCUT2D eigenvalue weighted by atomic mass is 16.5. The zero-order valence-corrected chi connectivity index (χ0v) is 15.3. The minimum absolute atomic E-state index is 0.0644. The van der Waals surface area contributed by atoms with E-state index in [-0.39, 0.29) is 5.91 Å². The van der Waals surface area contributed by atoms with Crippen molar-refractivity contribution in [2.45, 2.75) is 56.5 Å². The third-order valence-corrected chi connectivity index (χ3v) is 6.12. The molecule has 2 fully saturated rings. The van der Waals surface area contributed by atoms with Gasteiger partial charge in [0.1, 0.15) is 23.2 Å². The molecular formula is C18H28N4O4. The Morgan fingerprint density at radius 3 is 2.85 bits per heavy atom. The van der Waals surface area contributed by atoms with Crippen molar-refractivity contribution in [3.05, 3.63) is 17.7 Å². The Morgan fingerprint density at radius 2 is 2.08 bits per heavy atom. The Kier molecular flexibility index (Phi) is 4.54. The standard InChI is InChI=1S/C18H28N4O4/c1-17(25)5-11-26-18(16(17)24)3-8-21(9-4-18)15(23)13-12-22-10-7-19-6-2-14(22)20-13/h12,16,19,24-25H,2-11H2,1H3/t16-,17+/m0/s1. The van der Waals surface area contributed by atoms with E-state index in [0.717, 1.165) is 31.9 Å². The highest BCUT2D eigenvalue weighted by Gasteiger charge is 2.53. The predicted octanol–water partition coefficient (Wildman–Crippen LogP) is -0.464. The molecular weight excluding hydrogens is 336 g/mol. The van der Waals surface area contributed by atoms with Crippen molar-refractivity contribution in [3.63, 3.8) is 0 Å². The average molecular weight is 364 g/mol. The van der Waals surface area contributed by atoms with Gasteiger partial charge in [-0.2, -0.15) is 0 Å². The van der Waals surface area contributed by atoms with E-state index in [1.165, 1.54) is 0 Å². The van der Waals surface area contributed by atoms with E-state index in [1.54, 1.807) is 11.8 Å². The molecule has 8 heteroatoms. The third-order valence-electron chi connectivity index (χ3n) is 6.12. The van der Waals surface area contributed by atoms with Crippen molar-refractivity contribution >= 4 is 5.91 Å². The molecule has 8 nitrogen and oxygen atoms in total. The van der Waals surface area contributed by atoms with Crippen LogP contribution >= 0.6 is 0 Å². The van der Waals surface area contributed by atoms with Crippen LogP contribution in [0.2, 0.25) is 0 Å². The lowest BCUT2D eigenvalue weighted by Crippen LogP contribution is -2.64. The van der Waals surface area contributed by atoms with Gasteiger partial charge in [-0.15, -0.1) is 0 Å². The first-order valence-electron chi connectivity index (χ1n) is 9.52. The number of imidazole rings is 1. The van der Waals surface area contributed by atoms with Gasteiger partial charge in [0.05, 0.1) is 12.2 Å². The maximum Gasteiger partial charge on any atom is 0.274 e. The lowest BCUT2D eigenvalue weighted by molar-refractivity contribution is -0.244. The summed E-state index contributed by atoms with van der Waals surface area (Å²) in [7, 11) is 0. The molecule has 144 valence electrons. The van der Waals surface area contributed by atoms with Crippen molar-refractivity contribution < 1.29 is 19.7 Å². The molecule has 4 rings (SSSR count). The smallest absolute Gasteiger partial charge is 0.274 e. The number of rotatable bonds is 1. The van der Waals surface area contributed by atoms with Crippen molar-refractivity contribution in [1.82, 2.24) is 19.8 Å². The number of aromatic nitrogens is 2. The number of nitrogens with zero attached hydrogens (tertiary/aromatic N) is 3. The summed E-state index contributed by atoms with van der Waals surface area (Å²) in [6.07, 6.45) is 3.21.